The van der Waals surface area contributed by atoms with Crippen LogP contribution in [-0.4, -0.2) is 53.3 Å². The van der Waals surface area contributed by atoms with Crippen LogP contribution in [0.4, 0.5) is 4.39 Å². The fourth-order valence-electron chi connectivity index (χ4n) is 4.60. The van der Waals surface area contributed by atoms with Gasteiger partial charge in [0.1, 0.15) is 34.4 Å². The summed E-state index contributed by atoms with van der Waals surface area (Å²) in [4.78, 5) is 30.2. The first-order valence-corrected chi connectivity index (χ1v) is 12.3. The van der Waals surface area contributed by atoms with Crippen LogP contribution in [-0.2, 0) is 0 Å². The first-order chi connectivity index (χ1) is 18.6. The van der Waals surface area contributed by atoms with Crippen molar-refractivity contribution in [2.24, 2.45) is 0 Å². The summed E-state index contributed by atoms with van der Waals surface area (Å²) in [6.45, 7) is 2.48. The van der Waals surface area contributed by atoms with Gasteiger partial charge in [-0.2, -0.15) is 0 Å². The molecule has 1 amide bonds. The van der Waals surface area contributed by atoms with Crippen LogP contribution >= 0.6 is 0 Å². The van der Waals surface area contributed by atoms with Gasteiger partial charge in [0.25, 0.3) is 5.91 Å². The highest BCUT2D eigenvalue weighted by atomic mass is 19.1. The Kier molecular flexibility index (Phi) is 6.16. The van der Waals surface area contributed by atoms with Gasteiger partial charge in [0, 0.05) is 30.4 Å². The minimum absolute atomic E-state index is 0.0582. The van der Waals surface area contributed by atoms with E-state index in [4.69, 9.17) is 4.74 Å². The Morgan fingerprint density at radius 3 is 2.71 bits per heavy atom. The lowest BCUT2D eigenvalue weighted by Crippen LogP contribution is -2.44. The summed E-state index contributed by atoms with van der Waals surface area (Å²) in [7, 11) is 0. The zero-order chi connectivity index (χ0) is 26.1. The van der Waals surface area contributed by atoms with Crippen molar-refractivity contribution in [3.05, 3.63) is 84.5 Å². The van der Waals surface area contributed by atoms with Gasteiger partial charge in [0.05, 0.1) is 30.1 Å². The summed E-state index contributed by atoms with van der Waals surface area (Å²) >= 11 is 0. The second-order valence-electron chi connectivity index (χ2n) is 8.94. The van der Waals surface area contributed by atoms with Crippen molar-refractivity contribution in [2.45, 2.75) is 31.7 Å². The molecule has 38 heavy (non-hydrogen) atoms. The molecule has 0 bridgehead atoms. The van der Waals surface area contributed by atoms with Crippen molar-refractivity contribution in [3.8, 4) is 23.1 Å². The number of nitrogens with zero attached hydrogens (tertiary/aromatic N) is 7. The number of aromatic nitrogens is 7. The highest BCUT2D eigenvalue weighted by Crippen LogP contribution is 2.38. The van der Waals surface area contributed by atoms with Crippen LogP contribution in [0.25, 0.3) is 28.4 Å². The van der Waals surface area contributed by atoms with Gasteiger partial charge in [-0.25, -0.2) is 14.4 Å². The molecule has 0 unspecified atom stereocenters. The third kappa shape index (κ3) is 4.42. The van der Waals surface area contributed by atoms with Crippen molar-refractivity contribution in [3.63, 3.8) is 0 Å². The van der Waals surface area contributed by atoms with Gasteiger partial charge in [-0.05, 0) is 50.1 Å². The molecule has 0 radical (unpaired) electrons. The number of rotatable bonds is 7. The summed E-state index contributed by atoms with van der Waals surface area (Å²) in [5.74, 6) is 1.99. The van der Waals surface area contributed by atoms with E-state index in [0.29, 0.717) is 59.1 Å². The maximum atomic E-state index is 13.5. The van der Waals surface area contributed by atoms with Crippen molar-refractivity contribution in [2.75, 3.05) is 6.61 Å². The number of amides is 1. The van der Waals surface area contributed by atoms with Crippen LogP contribution in [0, 0.1) is 5.82 Å². The Labute approximate surface area is 217 Å². The molecule has 5 aromatic heterocycles. The molecule has 0 aromatic carbocycles. The van der Waals surface area contributed by atoms with Crippen LogP contribution < -0.4 is 10.1 Å². The van der Waals surface area contributed by atoms with E-state index in [9.17, 15) is 9.18 Å². The molecular formula is C27H23FN8O2. The molecular weight excluding hydrogens is 487 g/mol. The Bertz CT molecular complexity index is 1600. The van der Waals surface area contributed by atoms with Crippen molar-refractivity contribution in [1.29, 1.82) is 0 Å². The number of halogens is 1. The number of fused-ring (bicyclic) bond motifs is 1. The average Bonchev–Trinajstić information content (AvgIpc) is 3.35. The number of hydrogen-bond donors (Lipinski definition) is 1. The maximum absolute atomic E-state index is 13.5. The summed E-state index contributed by atoms with van der Waals surface area (Å²) in [6, 6.07) is 12.1. The SMILES string of the molecule is CCOc1ccc(-c2nnc([C@H]3C[C@H](NC(=O)c4ccnc5cc(F)cnc45)C3)n2-c2ccccn2)nc1. The van der Waals surface area contributed by atoms with Crippen LogP contribution in [0.15, 0.2) is 67.3 Å². The number of hydrogen-bond acceptors (Lipinski definition) is 8. The topological polar surface area (TPSA) is 121 Å². The van der Waals surface area contributed by atoms with Crippen LogP contribution in [0.2, 0.25) is 0 Å². The molecule has 6 rings (SSSR count). The van der Waals surface area contributed by atoms with E-state index in [2.05, 4.69) is 35.5 Å². The third-order valence-electron chi connectivity index (χ3n) is 6.47. The molecule has 1 aliphatic rings. The normalized spacial score (nSPS) is 16.7. The summed E-state index contributed by atoms with van der Waals surface area (Å²) < 4.78 is 21.0. The molecule has 5 heterocycles. The fraction of sp³-hybridized carbons (Fsp3) is 0.222. The summed E-state index contributed by atoms with van der Waals surface area (Å²) in [5, 5.41) is 12.0. The van der Waals surface area contributed by atoms with Crippen LogP contribution in [0.1, 0.15) is 41.9 Å². The monoisotopic (exact) mass is 510 g/mol. The molecule has 10 nitrogen and oxygen atoms in total. The van der Waals surface area contributed by atoms with Gasteiger partial charge in [0.2, 0.25) is 0 Å². The second-order valence-corrected chi connectivity index (χ2v) is 8.94. The molecule has 0 aliphatic heterocycles. The second kappa shape index (κ2) is 9.92. The van der Waals surface area contributed by atoms with E-state index in [1.807, 2.05) is 41.8 Å². The largest absolute Gasteiger partial charge is 0.492 e. The van der Waals surface area contributed by atoms with E-state index in [1.54, 1.807) is 18.5 Å². The Morgan fingerprint density at radius 2 is 1.95 bits per heavy atom. The van der Waals surface area contributed by atoms with E-state index >= 15 is 0 Å². The van der Waals surface area contributed by atoms with Gasteiger partial charge in [-0.1, -0.05) is 6.07 Å². The standard InChI is InChI=1S/C27H23FN8O2/c1-2-38-19-6-7-21(31-15-19)26-35-34-25(36(26)23-5-3-4-9-30-23)16-11-18(12-16)33-27(37)20-8-10-29-22-13-17(28)14-32-24(20)22/h3-10,13-16,18H,2,11-12H2,1H3,(H,33,37)/t16-,18-. The highest BCUT2D eigenvalue weighted by molar-refractivity contribution is 6.04. The maximum Gasteiger partial charge on any atom is 0.253 e. The van der Waals surface area contributed by atoms with Crippen molar-refractivity contribution < 1.29 is 13.9 Å². The average molecular weight is 511 g/mol. The minimum atomic E-state index is -0.499. The molecule has 1 N–H and O–H groups in total. The molecule has 0 spiro atoms. The Morgan fingerprint density at radius 1 is 1.05 bits per heavy atom. The lowest BCUT2D eigenvalue weighted by atomic mass is 9.79. The van der Waals surface area contributed by atoms with Gasteiger partial charge in [-0.15, -0.1) is 10.2 Å². The van der Waals surface area contributed by atoms with Gasteiger partial charge in [-0.3, -0.25) is 19.3 Å². The molecule has 5 aromatic rings. The number of nitrogens with one attached hydrogen (secondary N) is 1. The molecule has 1 aliphatic carbocycles. The van der Waals surface area contributed by atoms with Gasteiger partial charge in [0.15, 0.2) is 5.82 Å². The molecule has 1 fully saturated rings. The first kappa shape index (κ1) is 23.6. The van der Waals surface area contributed by atoms with Crippen LogP contribution in [0.5, 0.6) is 5.75 Å². The molecule has 190 valence electrons. The highest BCUT2D eigenvalue weighted by Gasteiger charge is 2.36. The Hall–Kier alpha value is -4.80. The van der Waals surface area contributed by atoms with E-state index in [-0.39, 0.29) is 17.9 Å². The summed E-state index contributed by atoms with van der Waals surface area (Å²) in [6.07, 6.45) is 7.31. The molecule has 11 heteroatoms. The predicted molar refractivity (Wildman–Crippen MR) is 136 cm³/mol. The lowest BCUT2D eigenvalue weighted by molar-refractivity contribution is 0.0908. The zero-order valence-electron chi connectivity index (χ0n) is 20.5. The number of carbonyl (C=O) groups excluding carboxylic acids is 1. The predicted octanol–water partition coefficient (Wildman–Crippen LogP) is 3.88. The first-order valence-electron chi connectivity index (χ1n) is 12.3. The van der Waals surface area contributed by atoms with E-state index in [1.165, 1.54) is 12.3 Å². The van der Waals surface area contributed by atoms with E-state index in [0.717, 1.165) is 12.0 Å². The molecule has 0 saturated heterocycles. The lowest BCUT2D eigenvalue weighted by Gasteiger charge is -2.35. The molecule has 1 saturated carbocycles. The van der Waals surface area contributed by atoms with Gasteiger partial charge >= 0.3 is 0 Å². The zero-order valence-corrected chi connectivity index (χ0v) is 20.5. The van der Waals surface area contributed by atoms with Crippen molar-refractivity contribution >= 4 is 16.9 Å². The number of pyridine rings is 4. The minimum Gasteiger partial charge on any atom is -0.492 e. The van der Waals surface area contributed by atoms with Crippen LogP contribution in [0.3, 0.4) is 0 Å². The smallest absolute Gasteiger partial charge is 0.253 e. The van der Waals surface area contributed by atoms with Crippen molar-refractivity contribution in [1.82, 2.24) is 40.0 Å². The number of ether oxygens (including phenoxy) is 1. The van der Waals surface area contributed by atoms with Gasteiger partial charge < -0.3 is 10.1 Å². The number of carbonyl (C=O) groups is 1. The van der Waals surface area contributed by atoms with E-state index < -0.39 is 5.82 Å². The third-order valence-corrected chi connectivity index (χ3v) is 6.47. The Balaban J connectivity index is 1.23. The quantitative estimate of drug-likeness (QED) is 0.350. The summed E-state index contributed by atoms with van der Waals surface area (Å²) in [5.41, 5.74) is 1.71. The fourth-order valence-corrected chi connectivity index (χ4v) is 4.60. The molecule has 0 atom stereocenters.